The predicted molar refractivity (Wildman–Crippen MR) is 78.7 cm³/mol. The molecule has 5 heteroatoms. The van der Waals surface area contributed by atoms with Gasteiger partial charge in [-0.1, -0.05) is 42.5 Å². The third-order valence-corrected chi connectivity index (χ3v) is 3.65. The van der Waals surface area contributed by atoms with Crippen molar-refractivity contribution in [2.24, 2.45) is 5.73 Å². The van der Waals surface area contributed by atoms with E-state index in [1.54, 1.807) is 0 Å². The van der Waals surface area contributed by atoms with Crippen LogP contribution in [0.1, 0.15) is 11.1 Å². The molecule has 2 aromatic carbocycles. The van der Waals surface area contributed by atoms with Crippen LogP contribution in [-0.2, 0) is 17.6 Å². The highest BCUT2D eigenvalue weighted by Crippen LogP contribution is 2.22. The molecule has 0 heterocycles. The lowest BCUT2D eigenvalue weighted by molar-refractivity contribution is 0.306. The minimum atomic E-state index is -2.33. The molecule has 0 aromatic heterocycles. The second-order valence-corrected chi connectivity index (χ2v) is 5.76. The lowest BCUT2D eigenvalue weighted by atomic mass is 10.1. The zero-order valence-corrected chi connectivity index (χ0v) is 11.9. The molecule has 0 aliphatic rings. The Hall–Kier alpha value is -1.74. The summed E-state index contributed by atoms with van der Waals surface area (Å²) < 4.78 is 16.5. The molecule has 0 spiro atoms. The highest BCUT2D eigenvalue weighted by molar-refractivity contribution is 7.38. The van der Waals surface area contributed by atoms with Gasteiger partial charge in [-0.3, -0.25) is 5.73 Å². The fourth-order valence-electron chi connectivity index (χ4n) is 1.78. The van der Waals surface area contributed by atoms with Crippen molar-refractivity contribution in [3.05, 3.63) is 65.7 Å². The van der Waals surface area contributed by atoms with Crippen molar-refractivity contribution in [3.63, 3.8) is 0 Å². The minimum absolute atomic E-state index is 0.380. The number of benzene rings is 2. The lowest BCUT2D eigenvalue weighted by Crippen LogP contribution is -2.17. The average Bonchev–Trinajstić information content (AvgIpc) is 2.47. The van der Waals surface area contributed by atoms with Gasteiger partial charge in [0.15, 0.2) is 0 Å². The summed E-state index contributed by atoms with van der Waals surface area (Å²) in [5.41, 5.74) is 7.58. The Morgan fingerprint density at radius 3 is 2.30 bits per heavy atom. The smallest absolute Gasteiger partial charge is 0.489 e. The summed E-state index contributed by atoms with van der Waals surface area (Å²) in [7, 11) is -2.33. The Balaban J connectivity index is 1.90. The molecule has 3 N–H and O–H groups in total. The van der Waals surface area contributed by atoms with Crippen molar-refractivity contribution in [1.29, 1.82) is 0 Å². The van der Waals surface area contributed by atoms with E-state index in [1.807, 2.05) is 54.6 Å². The maximum absolute atomic E-state index is 10.8. The molecule has 2 rings (SSSR count). The monoisotopic (exact) mass is 290 g/mol. The Labute approximate surface area is 119 Å². The van der Waals surface area contributed by atoms with Gasteiger partial charge in [0.1, 0.15) is 12.4 Å². The highest BCUT2D eigenvalue weighted by Gasteiger charge is 2.23. The largest absolute Gasteiger partial charge is 0.524 e. The molecule has 0 saturated heterocycles. The van der Waals surface area contributed by atoms with Crippen LogP contribution in [0.4, 0.5) is 0 Å². The van der Waals surface area contributed by atoms with Gasteiger partial charge in [-0.25, -0.2) is 0 Å². The summed E-state index contributed by atoms with van der Waals surface area (Å²) in [5, 5.41) is 0. The fourth-order valence-corrected chi connectivity index (χ4v) is 2.15. The first-order valence-corrected chi connectivity index (χ1v) is 7.60. The summed E-state index contributed by atoms with van der Waals surface area (Å²) in [5.74, 6) is 0.0423. The molecule has 2 aromatic rings. The van der Waals surface area contributed by atoms with Crippen molar-refractivity contribution >= 4 is 8.03 Å². The van der Waals surface area contributed by atoms with Gasteiger partial charge in [-0.05, 0) is 27.8 Å². The molecule has 0 saturated carbocycles. The van der Waals surface area contributed by atoms with Crippen molar-refractivity contribution in [2.45, 2.75) is 18.8 Å². The van der Waals surface area contributed by atoms with Crippen LogP contribution in [-0.4, -0.2) is 10.7 Å². The molecular formula is C15H17NO3P+. The summed E-state index contributed by atoms with van der Waals surface area (Å²) in [6.45, 7) is 0.516. The van der Waals surface area contributed by atoms with Crippen LogP contribution in [0.15, 0.2) is 54.6 Å². The molecule has 2 atom stereocenters. The summed E-state index contributed by atoms with van der Waals surface area (Å²) in [6, 6.07) is 17.3. The zero-order valence-electron chi connectivity index (χ0n) is 11.0. The molecule has 0 aliphatic heterocycles. The quantitative estimate of drug-likeness (QED) is 0.802. The molecule has 0 bridgehead atoms. The van der Waals surface area contributed by atoms with Crippen LogP contribution < -0.4 is 10.5 Å². The first kappa shape index (κ1) is 14.7. The molecular weight excluding hydrogens is 273 g/mol. The first-order valence-electron chi connectivity index (χ1n) is 6.31. The topological polar surface area (TPSA) is 72.5 Å². The maximum atomic E-state index is 10.8. The highest BCUT2D eigenvalue weighted by atomic mass is 31.1. The second-order valence-electron chi connectivity index (χ2n) is 4.49. The third kappa shape index (κ3) is 4.42. The summed E-state index contributed by atoms with van der Waals surface area (Å²) in [6.07, 6.45) is 0.380. The van der Waals surface area contributed by atoms with Crippen LogP contribution >= 0.6 is 8.03 Å². The Kier molecular flexibility index (Phi) is 5.24. The van der Waals surface area contributed by atoms with E-state index in [1.165, 1.54) is 0 Å². The summed E-state index contributed by atoms with van der Waals surface area (Å²) >= 11 is 0. The van der Waals surface area contributed by atoms with E-state index in [0.29, 0.717) is 13.0 Å². The van der Waals surface area contributed by atoms with Gasteiger partial charge in [0.05, 0.1) is 0 Å². The molecule has 20 heavy (non-hydrogen) atoms. The van der Waals surface area contributed by atoms with Gasteiger partial charge in [0.2, 0.25) is 5.78 Å². The lowest BCUT2D eigenvalue weighted by Gasteiger charge is -2.07. The average molecular weight is 290 g/mol. The molecule has 0 aliphatic carbocycles. The van der Waals surface area contributed by atoms with Gasteiger partial charge >= 0.3 is 8.03 Å². The fraction of sp³-hybridized carbons (Fsp3) is 0.200. The number of hydrogen-bond acceptors (Lipinski definition) is 3. The number of nitrogens with two attached hydrogens (primary N) is 1. The van der Waals surface area contributed by atoms with Crippen LogP contribution in [0.5, 0.6) is 5.75 Å². The molecule has 0 fully saturated rings. The van der Waals surface area contributed by atoms with Crippen LogP contribution in [0.3, 0.4) is 0 Å². The number of hydrogen-bond donors (Lipinski definition) is 2. The Bertz CT molecular complexity index is 557. The van der Waals surface area contributed by atoms with Gasteiger partial charge in [-0.15, -0.1) is 0 Å². The standard InChI is InChI=1S/C15H16NO3P/c16-15(20(17)18)10-12-6-8-14(9-7-12)19-11-13-4-2-1-3-5-13/h1-9,15H,10-11,16H2/p+1. The molecule has 0 amide bonds. The second kappa shape index (κ2) is 7.15. The number of ether oxygens (including phenoxy) is 1. The van der Waals surface area contributed by atoms with Crippen molar-refractivity contribution in [3.8, 4) is 5.75 Å². The Morgan fingerprint density at radius 2 is 1.70 bits per heavy atom. The van der Waals surface area contributed by atoms with Crippen LogP contribution in [0, 0.1) is 0 Å². The van der Waals surface area contributed by atoms with E-state index in [-0.39, 0.29) is 0 Å². The van der Waals surface area contributed by atoms with Crippen LogP contribution in [0.2, 0.25) is 0 Å². The van der Waals surface area contributed by atoms with Crippen LogP contribution in [0.25, 0.3) is 0 Å². The molecule has 4 nitrogen and oxygen atoms in total. The van der Waals surface area contributed by atoms with E-state index in [0.717, 1.165) is 16.9 Å². The summed E-state index contributed by atoms with van der Waals surface area (Å²) in [4.78, 5) is 8.91. The third-order valence-electron chi connectivity index (χ3n) is 2.90. The molecule has 104 valence electrons. The van der Waals surface area contributed by atoms with E-state index in [2.05, 4.69) is 0 Å². The normalized spacial score (nSPS) is 12.8. The van der Waals surface area contributed by atoms with E-state index >= 15 is 0 Å². The SMILES string of the molecule is NC(Cc1ccc(OCc2ccccc2)cc1)[P+](=O)O. The molecule has 2 unspecified atom stereocenters. The predicted octanol–water partition coefficient (Wildman–Crippen LogP) is 2.83. The minimum Gasteiger partial charge on any atom is -0.489 e. The van der Waals surface area contributed by atoms with Gasteiger partial charge in [-0.2, -0.15) is 4.89 Å². The maximum Gasteiger partial charge on any atom is 0.524 e. The first-order chi connectivity index (χ1) is 9.65. The van der Waals surface area contributed by atoms with Gasteiger partial charge in [0.25, 0.3) is 0 Å². The van der Waals surface area contributed by atoms with E-state index in [4.69, 9.17) is 15.4 Å². The van der Waals surface area contributed by atoms with Crippen molar-refractivity contribution in [2.75, 3.05) is 0 Å². The van der Waals surface area contributed by atoms with E-state index in [9.17, 15) is 4.57 Å². The Morgan fingerprint density at radius 1 is 1.05 bits per heavy atom. The van der Waals surface area contributed by atoms with Gasteiger partial charge < -0.3 is 4.74 Å². The van der Waals surface area contributed by atoms with Crippen molar-refractivity contribution < 1.29 is 14.2 Å². The van der Waals surface area contributed by atoms with E-state index < -0.39 is 13.8 Å². The number of rotatable bonds is 6. The molecule has 0 radical (unpaired) electrons. The van der Waals surface area contributed by atoms with Crippen molar-refractivity contribution in [1.82, 2.24) is 0 Å². The van der Waals surface area contributed by atoms with Gasteiger partial charge in [0, 0.05) is 6.42 Å². The zero-order chi connectivity index (χ0) is 14.4.